The third-order valence-corrected chi connectivity index (χ3v) is 2.19. The van der Waals surface area contributed by atoms with Crippen LogP contribution in [0, 0.1) is 0 Å². The molecule has 0 heterocycles. The molecule has 0 saturated heterocycles. The van der Waals surface area contributed by atoms with Gasteiger partial charge in [0.2, 0.25) is 0 Å². The van der Waals surface area contributed by atoms with Gasteiger partial charge in [-0.2, -0.15) is 0 Å². The van der Waals surface area contributed by atoms with Crippen LogP contribution in [-0.4, -0.2) is 19.8 Å². The SMILES string of the molecule is CC(C=S)O[Si](C)(C)C. The lowest BCUT2D eigenvalue weighted by molar-refractivity contribution is 0.287. The van der Waals surface area contributed by atoms with Crippen molar-refractivity contribution in [2.75, 3.05) is 0 Å². The minimum absolute atomic E-state index is 0.145. The zero-order valence-corrected chi connectivity index (χ0v) is 8.29. The van der Waals surface area contributed by atoms with Gasteiger partial charge < -0.3 is 4.43 Å². The van der Waals surface area contributed by atoms with E-state index in [9.17, 15) is 0 Å². The van der Waals surface area contributed by atoms with E-state index in [0.29, 0.717) is 0 Å². The van der Waals surface area contributed by atoms with Crippen molar-refractivity contribution in [1.82, 2.24) is 0 Å². The molecule has 0 radical (unpaired) electrons. The van der Waals surface area contributed by atoms with Crippen molar-refractivity contribution in [3.05, 3.63) is 0 Å². The molecule has 0 bridgehead atoms. The molecule has 0 aromatic carbocycles. The molecule has 0 aliphatic rings. The maximum atomic E-state index is 5.57. The Morgan fingerprint density at radius 3 is 2.00 bits per heavy atom. The van der Waals surface area contributed by atoms with Gasteiger partial charge in [-0.25, -0.2) is 0 Å². The predicted molar refractivity (Wildman–Crippen MR) is 47.5 cm³/mol. The first kappa shape index (κ1) is 9.27. The molecule has 54 valence electrons. The molecular formula is C6H14OSSi. The molecule has 0 fully saturated rings. The highest BCUT2D eigenvalue weighted by atomic mass is 32.1. The third-order valence-electron chi connectivity index (χ3n) is 0.731. The molecule has 0 rings (SSSR count). The van der Waals surface area contributed by atoms with E-state index in [4.69, 9.17) is 16.6 Å². The van der Waals surface area contributed by atoms with Crippen LogP contribution < -0.4 is 0 Å². The van der Waals surface area contributed by atoms with Gasteiger partial charge in [-0.15, -0.1) is 0 Å². The minimum atomic E-state index is -1.34. The van der Waals surface area contributed by atoms with E-state index in [1.54, 1.807) is 5.37 Å². The fraction of sp³-hybridized carbons (Fsp3) is 0.833. The van der Waals surface area contributed by atoms with Crippen LogP contribution in [0.25, 0.3) is 0 Å². The first-order chi connectivity index (χ1) is 3.95. The molecule has 1 atom stereocenters. The lowest BCUT2D eigenvalue weighted by atomic mass is 10.5. The smallest absolute Gasteiger partial charge is 0.184 e. The summed E-state index contributed by atoms with van der Waals surface area (Å²) < 4.78 is 5.57. The molecule has 9 heavy (non-hydrogen) atoms. The zero-order chi connectivity index (χ0) is 7.49. The van der Waals surface area contributed by atoms with Crippen molar-refractivity contribution in [3.63, 3.8) is 0 Å². The van der Waals surface area contributed by atoms with Gasteiger partial charge in [0.25, 0.3) is 0 Å². The van der Waals surface area contributed by atoms with E-state index >= 15 is 0 Å². The summed E-state index contributed by atoms with van der Waals surface area (Å²) in [4.78, 5) is 0. The number of hydrogen-bond donors (Lipinski definition) is 0. The van der Waals surface area contributed by atoms with Crippen LogP contribution in [0.5, 0.6) is 0 Å². The molecule has 0 spiro atoms. The molecule has 3 heteroatoms. The zero-order valence-electron chi connectivity index (χ0n) is 6.47. The van der Waals surface area contributed by atoms with Crippen LogP contribution in [0.3, 0.4) is 0 Å². The first-order valence-electron chi connectivity index (χ1n) is 3.09. The molecule has 0 aromatic heterocycles. The lowest BCUT2D eigenvalue weighted by Crippen LogP contribution is -2.30. The van der Waals surface area contributed by atoms with E-state index in [0.717, 1.165) is 0 Å². The lowest BCUT2D eigenvalue weighted by Gasteiger charge is -2.20. The van der Waals surface area contributed by atoms with Crippen molar-refractivity contribution in [3.8, 4) is 0 Å². The Hall–Kier alpha value is 0.267. The van der Waals surface area contributed by atoms with E-state index in [1.165, 1.54) is 0 Å². The highest BCUT2D eigenvalue weighted by Gasteiger charge is 2.16. The topological polar surface area (TPSA) is 9.23 Å². The molecule has 0 aromatic rings. The number of rotatable bonds is 3. The average molecular weight is 162 g/mol. The van der Waals surface area contributed by atoms with Gasteiger partial charge in [0.1, 0.15) is 0 Å². The Balaban J connectivity index is 3.59. The van der Waals surface area contributed by atoms with Gasteiger partial charge in [-0.05, 0) is 26.6 Å². The van der Waals surface area contributed by atoms with Crippen LogP contribution in [-0.2, 0) is 4.43 Å². The summed E-state index contributed by atoms with van der Waals surface area (Å²) in [5.74, 6) is 0. The van der Waals surface area contributed by atoms with Crippen molar-refractivity contribution in [2.24, 2.45) is 0 Å². The second kappa shape index (κ2) is 3.44. The van der Waals surface area contributed by atoms with Gasteiger partial charge in [0.05, 0.1) is 6.10 Å². The van der Waals surface area contributed by atoms with E-state index in [2.05, 4.69) is 19.6 Å². The second-order valence-corrected chi connectivity index (χ2v) is 7.80. The third kappa shape index (κ3) is 6.15. The maximum absolute atomic E-state index is 5.57. The quantitative estimate of drug-likeness (QED) is 0.465. The Labute approximate surface area is 63.5 Å². The summed E-state index contributed by atoms with van der Waals surface area (Å²) in [6, 6.07) is 0. The van der Waals surface area contributed by atoms with Crippen molar-refractivity contribution < 1.29 is 4.43 Å². The van der Waals surface area contributed by atoms with Crippen LogP contribution in [0.2, 0.25) is 19.6 Å². The van der Waals surface area contributed by atoms with Crippen molar-refractivity contribution in [1.29, 1.82) is 0 Å². The fourth-order valence-corrected chi connectivity index (χ4v) is 1.92. The maximum Gasteiger partial charge on any atom is 0.184 e. The summed E-state index contributed by atoms with van der Waals surface area (Å²) in [5, 5.41) is 1.66. The van der Waals surface area contributed by atoms with Crippen LogP contribution >= 0.6 is 12.2 Å². The van der Waals surface area contributed by atoms with Gasteiger partial charge in [-0.3, -0.25) is 0 Å². The van der Waals surface area contributed by atoms with Crippen LogP contribution in [0.15, 0.2) is 0 Å². The monoisotopic (exact) mass is 162 g/mol. The molecule has 0 aliphatic heterocycles. The molecular weight excluding hydrogens is 148 g/mol. The predicted octanol–water partition coefficient (Wildman–Crippen LogP) is 2.23. The molecule has 0 saturated carbocycles. The highest BCUT2D eigenvalue weighted by molar-refractivity contribution is 7.79. The fourth-order valence-electron chi connectivity index (χ4n) is 0.585. The summed E-state index contributed by atoms with van der Waals surface area (Å²) >= 11 is 4.71. The van der Waals surface area contributed by atoms with Gasteiger partial charge >= 0.3 is 0 Å². The standard InChI is InChI=1S/C6H14OSSi/c1-6(5-8)7-9(2,3)4/h5-6H,1-4H3. The molecule has 0 amide bonds. The summed E-state index contributed by atoms with van der Waals surface area (Å²) in [5.41, 5.74) is 0. The Bertz CT molecular complexity index is 97.7. The van der Waals surface area contributed by atoms with Gasteiger partial charge in [-0.1, -0.05) is 12.2 Å². The molecule has 0 aliphatic carbocycles. The average Bonchev–Trinajstić information content (AvgIpc) is 1.62. The minimum Gasteiger partial charge on any atom is -0.411 e. The van der Waals surface area contributed by atoms with Gasteiger partial charge in [0.15, 0.2) is 8.32 Å². The van der Waals surface area contributed by atoms with Crippen molar-refractivity contribution in [2.45, 2.75) is 32.7 Å². The normalized spacial score (nSPS) is 15.1. The van der Waals surface area contributed by atoms with Crippen LogP contribution in [0.1, 0.15) is 6.92 Å². The molecule has 1 unspecified atom stereocenters. The highest BCUT2D eigenvalue weighted by Crippen LogP contribution is 2.05. The van der Waals surface area contributed by atoms with E-state index < -0.39 is 8.32 Å². The summed E-state index contributed by atoms with van der Waals surface area (Å²) in [7, 11) is -1.34. The Kier molecular flexibility index (Phi) is 3.54. The van der Waals surface area contributed by atoms with E-state index in [1.807, 2.05) is 6.92 Å². The first-order valence-corrected chi connectivity index (χ1v) is 6.97. The molecule has 0 N–H and O–H groups in total. The second-order valence-electron chi connectivity index (χ2n) is 3.07. The Morgan fingerprint density at radius 1 is 1.44 bits per heavy atom. The summed E-state index contributed by atoms with van der Waals surface area (Å²) in [6.07, 6.45) is 0.145. The van der Waals surface area contributed by atoms with Crippen molar-refractivity contribution >= 4 is 25.9 Å². The number of thiocarbonyl (C=S) groups is 1. The van der Waals surface area contributed by atoms with E-state index in [-0.39, 0.29) is 6.10 Å². The summed E-state index contributed by atoms with van der Waals surface area (Å²) in [6.45, 7) is 8.44. The largest absolute Gasteiger partial charge is 0.411 e. The number of hydrogen-bond acceptors (Lipinski definition) is 2. The Morgan fingerprint density at radius 2 is 1.89 bits per heavy atom. The molecule has 1 nitrogen and oxygen atoms in total. The van der Waals surface area contributed by atoms with Crippen LogP contribution in [0.4, 0.5) is 0 Å². The van der Waals surface area contributed by atoms with Gasteiger partial charge in [0, 0.05) is 5.37 Å².